The maximum atomic E-state index is 12.4. The van der Waals surface area contributed by atoms with E-state index in [0.717, 1.165) is 0 Å². The Morgan fingerprint density at radius 3 is 2.70 bits per heavy atom. The van der Waals surface area contributed by atoms with Crippen molar-refractivity contribution in [2.75, 3.05) is 0 Å². The molecular weight excluding hydrogens is 312 g/mol. The van der Waals surface area contributed by atoms with E-state index in [1.165, 1.54) is 0 Å². The number of carbonyl (C=O) groups excluding carboxylic acids is 1. The molecule has 23 heavy (non-hydrogen) atoms. The lowest BCUT2D eigenvalue weighted by atomic mass is 10.1. The molecule has 0 radical (unpaired) electrons. The molecule has 1 heterocycles. The molecule has 5 nitrogen and oxygen atoms in total. The Hall–Kier alpha value is -2.92. The summed E-state index contributed by atoms with van der Waals surface area (Å²) in [5.41, 5.74) is 7.57. The van der Waals surface area contributed by atoms with Gasteiger partial charge >= 0.3 is 0 Å². The first-order chi connectivity index (χ1) is 11.1. The van der Waals surface area contributed by atoms with E-state index in [9.17, 15) is 4.79 Å². The van der Waals surface area contributed by atoms with Gasteiger partial charge in [0.15, 0.2) is 0 Å². The predicted octanol–water partition coefficient (Wildman–Crippen LogP) is 3.26. The fourth-order valence-corrected chi connectivity index (χ4v) is 2.34. The molecule has 6 heteroatoms. The molecular formula is C17H13ClN4O. The first kappa shape index (κ1) is 15.0. The quantitative estimate of drug-likeness (QED) is 0.561. The number of nitrogens with zero attached hydrogens (tertiary/aromatic N) is 2. The van der Waals surface area contributed by atoms with E-state index in [1.807, 2.05) is 18.2 Å². The number of halogens is 1. The Balaban J connectivity index is 1.89. The van der Waals surface area contributed by atoms with Crippen molar-refractivity contribution in [3.05, 3.63) is 71.4 Å². The summed E-state index contributed by atoms with van der Waals surface area (Å²) >= 11 is 6.00. The van der Waals surface area contributed by atoms with Crippen LogP contribution in [0.1, 0.15) is 10.4 Å². The zero-order chi connectivity index (χ0) is 16.2. The van der Waals surface area contributed by atoms with Crippen molar-refractivity contribution >= 4 is 40.1 Å². The molecule has 1 aromatic heterocycles. The van der Waals surface area contributed by atoms with Crippen LogP contribution in [0.2, 0.25) is 5.02 Å². The van der Waals surface area contributed by atoms with Gasteiger partial charge in [-0.3, -0.25) is 15.1 Å². The normalized spacial score (nSPS) is 11.4. The van der Waals surface area contributed by atoms with Gasteiger partial charge in [0.05, 0.1) is 16.8 Å². The number of aromatic nitrogens is 1. The molecule has 0 saturated heterocycles. The van der Waals surface area contributed by atoms with Gasteiger partial charge in [-0.2, -0.15) is 0 Å². The van der Waals surface area contributed by atoms with Crippen LogP contribution in [-0.2, 0) is 0 Å². The van der Waals surface area contributed by atoms with Gasteiger partial charge in [-0.25, -0.2) is 4.99 Å². The minimum absolute atomic E-state index is 0.0215. The fraction of sp³-hybridized carbons (Fsp3) is 0. The minimum Gasteiger partial charge on any atom is -0.369 e. The van der Waals surface area contributed by atoms with Crippen LogP contribution in [0.5, 0.6) is 0 Å². The van der Waals surface area contributed by atoms with E-state index < -0.39 is 0 Å². The number of aliphatic imine (C=N–C) groups is 1. The monoisotopic (exact) mass is 324 g/mol. The van der Waals surface area contributed by atoms with Gasteiger partial charge in [-0.15, -0.1) is 0 Å². The third kappa shape index (κ3) is 3.46. The molecule has 0 unspecified atom stereocenters. The number of guanidine groups is 1. The number of para-hydroxylation sites is 1. The van der Waals surface area contributed by atoms with Crippen LogP contribution in [0.3, 0.4) is 0 Å². The molecule has 0 saturated carbocycles. The summed E-state index contributed by atoms with van der Waals surface area (Å²) in [7, 11) is 0. The molecule has 1 amide bonds. The van der Waals surface area contributed by atoms with Gasteiger partial charge in [0.1, 0.15) is 0 Å². The standard InChI is InChI=1S/C17H13ClN4O/c18-11-6-7-15-14(10-11)13(8-9-20-15)16(23)22-17(19)21-12-4-2-1-3-5-12/h1-10H,(H3,19,21,22,23). The number of hydrogen-bond acceptors (Lipinski definition) is 3. The highest BCUT2D eigenvalue weighted by Crippen LogP contribution is 2.21. The number of nitrogens with one attached hydrogen (secondary N) is 1. The second-order valence-corrected chi connectivity index (χ2v) is 5.24. The minimum atomic E-state index is -0.364. The van der Waals surface area contributed by atoms with Gasteiger partial charge in [0.25, 0.3) is 5.91 Å². The van der Waals surface area contributed by atoms with Crippen molar-refractivity contribution in [3.63, 3.8) is 0 Å². The highest BCUT2D eigenvalue weighted by atomic mass is 35.5. The van der Waals surface area contributed by atoms with Crippen LogP contribution in [0.15, 0.2) is 65.8 Å². The SMILES string of the molecule is NC(=Nc1ccccc1)NC(=O)c1ccnc2ccc(Cl)cc12. The predicted molar refractivity (Wildman–Crippen MR) is 91.9 cm³/mol. The topological polar surface area (TPSA) is 80.4 Å². The average molecular weight is 325 g/mol. The molecule has 3 aromatic rings. The Morgan fingerprint density at radius 2 is 1.91 bits per heavy atom. The fourth-order valence-electron chi connectivity index (χ4n) is 2.17. The molecule has 0 bridgehead atoms. The molecule has 0 atom stereocenters. The molecule has 3 N–H and O–H groups in total. The van der Waals surface area contributed by atoms with Gasteiger partial charge in [-0.05, 0) is 36.4 Å². The van der Waals surface area contributed by atoms with E-state index in [0.29, 0.717) is 27.2 Å². The largest absolute Gasteiger partial charge is 0.369 e. The number of hydrogen-bond donors (Lipinski definition) is 2. The number of pyridine rings is 1. The first-order valence-electron chi connectivity index (χ1n) is 6.88. The number of nitrogens with two attached hydrogens (primary N) is 1. The van der Waals surface area contributed by atoms with Crippen molar-refractivity contribution in [2.45, 2.75) is 0 Å². The Kier molecular flexibility index (Phi) is 4.21. The second kappa shape index (κ2) is 6.46. The van der Waals surface area contributed by atoms with Crippen LogP contribution in [0.25, 0.3) is 10.9 Å². The van der Waals surface area contributed by atoms with Crippen LogP contribution >= 0.6 is 11.6 Å². The summed E-state index contributed by atoms with van der Waals surface area (Å²) in [6, 6.07) is 15.9. The number of carbonyl (C=O) groups is 1. The van der Waals surface area contributed by atoms with Gasteiger partial charge in [-0.1, -0.05) is 29.8 Å². The molecule has 0 aliphatic rings. The Labute approximate surface area is 137 Å². The first-order valence-corrected chi connectivity index (χ1v) is 7.26. The summed E-state index contributed by atoms with van der Waals surface area (Å²) < 4.78 is 0. The van der Waals surface area contributed by atoms with Crippen LogP contribution in [0.4, 0.5) is 5.69 Å². The van der Waals surface area contributed by atoms with Gasteiger partial charge < -0.3 is 5.73 Å². The van der Waals surface area contributed by atoms with E-state index in [-0.39, 0.29) is 11.9 Å². The third-order valence-corrected chi connectivity index (χ3v) is 3.43. The van der Waals surface area contributed by atoms with Crippen molar-refractivity contribution in [2.24, 2.45) is 10.7 Å². The van der Waals surface area contributed by atoms with E-state index >= 15 is 0 Å². The Morgan fingerprint density at radius 1 is 1.13 bits per heavy atom. The summed E-state index contributed by atoms with van der Waals surface area (Å²) in [5.74, 6) is -0.343. The van der Waals surface area contributed by atoms with Crippen molar-refractivity contribution in [3.8, 4) is 0 Å². The van der Waals surface area contributed by atoms with Crippen molar-refractivity contribution in [1.29, 1.82) is 0 Å². The molecule has 114 valence electrons. The highest BCUT2D eigenvalue weighted by molar-refractivity contribution is 6.31. The summed E-state index contributed by atoms with van der Waals surface area (Å²) in [5, 5.41) is 3.76. The Bertz CT molecular complexity index is 893. The summed E-state index contributed by atoms with van der Waals surface area (Å²) in [4.78, 5) is 20.8. The molecule has 0 spiro atoms. The van der Waals surface area contributed by atoms with E-state index in [1.54, 1.807) is 42.6 Å². The third-order valence-electron chi connectivity index (χ3n) is 3.20. The van der Waals surface area contributed by atoms with Gasteiger partial charge in [0.2, 0.25) is 5.96 Å². The van der Waals surface area contributed by atoms with E-state index in [4.69, 9.17) is 17.3 Å². The summed E-state index contributed by atoms with van der Waals surface area (Å²) in [6.45, 7) is 0. The zero-order valence-corrected chi connectivity index (χ0v) is 12.8. The highest BCUT2D eigenvalue weighted by Gasteiger charge is 2.12. The maximum Gasteiger partial charge on any atom is 0.258 e. The molecule has 3 rings (SSSR count). The number of amides is 1. The average Bonchev–Trinajstić information content (AvgIpc) is 2.55. The molecule has 2 aromatic carbocycles. The molecule has 0 aliphatic carbocycles. The number of fused-ring (bicyclic) bond motifs is 1. The van der Waals surface area contributed by atoms with Crippen LogP contribution in [0, 0.1) is 0 Å². The molecule has 0 aliphatic heterocycles. The number of benzene rings is 2. The zero-order valence-electron chi connectivity index (χ0n) is 12.0. The van der Waals surface area contributed by atoms with Crippen molar-refractivity contribution < 1.29 is 4.79 Å². The van der Waals surface area contributed by atoms with Crippen LogP contribution < -0.4 is 11.1 Å². The lowest BCUT2D eigenvalue weighted by Gasteiger charge is -2.07. The smallest absolute Gasteiger partial charge is 0.258 e. The van der Waals surface area contributed by atoms with Crippen LogP contribution in [-0.4, -0.2) is 16.9 Å². The lowest BCUT2D eigenvalue weighted by Crippen LogP contribution is -2.36. The second-order valence-electron chi connectivity index (χ2n) is 4.81. The number of rotatable bonds is 2. The molecule has 0 fully saturated rings. The lowest BCUT2D eigenvalue weighted by molar-refractivity contribution is 0.0978. The van der Waals surface area contributed by atoms with Gasteiger partial charge in [0, 0.05) is 16.6 Å². The van der Waals surface area contributed by atoms with Crippen molar-refractivity contribution in [1.82, 2.24) is 10.3 Å². The summed E-state index contributed by atoms with van der Waals surface area (Å²) in [6.07, 6.45) is 1.57. The van der Waals surface area contributed by atoms with E-state index in [2.05, 4.69) is 15.3 Å². The maximum absolute atomic E-state index is 12.4.